The Kier molecular flexibility index (Phi) is 27.6. The summed E-state index contributed by atoms with van der Waals surface area (Å²) in [6.45, 7) is 14.5. The molecule has 0 amide bonds. The van der Waals surface area contributed by atoms with Crippen molar-refractivity contribution in [2.45, 2.75) is 145 Å². The number of rotatable bonds is 31. The number of halogens is 2. The molecule has 4 atom stereocenters. The van der Waals surface area contributed by atoms with E-state index in [1.165, 1.54) is 0 Å². The Balaban J connectivity index is 0.0000325. The number of carbonyl (C=O) groups excluding carboxylic acids is 5. The Morgan fingerprint density at radius 1 is 0.655 bits per heavy atom. The van der Waals surface area contributed by atoms with Crippen molar-refractivity contribution in [2.24, 2.45) is 11.8 Å². The van der Waals surface area contributed by atoms with Gasteiger partial charge in [0.05, 0.1) is 44.2 Å². The van der Waals surface area contributed by atoms with Crippen LogP contribution < -0.4 is 0 Å². The van der Waals surface area contributed by atoms with Crippen LogP contribution in [0.1, 0.15) is 103 Å². The molecule has 0 bridgehead atoms. The van der Waals surface area contributed by atoms with Gasteiger partial charge in [-0.15, -0.1) is 0 Å². The lowest BCUT2D eigenvalue weighted by atomic mass is 9.89. The average molecular weight is 985 g/mol. The van der Waals surface area contributed by atoms with E-state index in [4.69, 9.17) is 27.8 Å². The van der Waals surface area contributed by atoms with Gasteiger partial charge in [-0.2, -0.15) is 0 Å². The number of unbranched alkanes of at least 4 members (excludes halogenated alkanes) is 2. The number of benzene rings is 1. The van der Waals surface area contributed by atoms with E-state index < -0.39 is 49.1 Å². The molecule has 0 radical (unpaired) electrons. The molecular formula is C42H72Br2O12Si2. The maximum absolute atomic E-state index is 13.3. The lowest BCUT2D eigenvalue weighted by Gasteiger charge is -2.26. The van der Waals surface area contributed by atoms with E-state index in [1.54, 1.807) is 28.1 Å². The molecule has 2 N–H and O–H groups in total. The van der Waals surface area contributed by atoms with Gasteiger partial charge < -0.3 is 38.1 Å². The third-order valence-corrected chi connectivity index (χ3v) is 16.8. The summed E-state index contributed by atoms with van der Waals surface area (Å²) >= 11 is 7.11. The van der Waals surface area contributed by atoms with Gasteiger partial charge in [0, 0.05) is 14.2 Å². The summed E-state index contributed by atoms with van der Waals surface area (Å²) in [6.07, 6.45) is 7.10. The van der Waals surface area contributed by atoms with E-state index in [2.05, 4.69) is 31.9 Å². The zero-order chi connectivity index (χ0) is 43.1. The van der Waals surface area contributed by atoms with E-state index in [1.807, 2.05) is 57.8 Å². The maximum atomic E-state index is 13.3. The summed E-state index contributed by atoms with van der Waals surface area (Å²) < 4.78 is 31.3. The van der Waals surface area contributed by atoms with E-state index in [0.29, 0.717) is 57.8 Å². The van der Waals surface area contributed by atoms with Crippen LogP contribution in [0.5, 0.6) is 0 Å². The van der Waals surface area contributed by atoms with Crippen molar-refractivity contribution in [2.75, 3.05) is 40.6 Å². The highest BCUT2D eigenvalue weighted by atomic mass is 79.9. The van der Waals surface area contributed by atoms with Crippen LogP contribution in [0.2, 0.25) is 31.7 Å². The number of hydrogen-bond donors (Lipinski definition) is 0. The monoisotopic (exact) mass is 982 g/mol. The Labute approximate surface area is 366 Å². The number of ether oxygens (including phenoxy) is 4. The number of aryl methyl sites for hydroxylation is 2. The predicted octanol–water partition coefficient (Wildman–Crippen LogP) is 8.45. The van der Waals surface area contributed by atoms with Gasteiger partial charge >= 0.3 is 32.4 Å². The largest absolute Gasteiger partial charge is 0.465 e. The van der Waals surface area contributed by atoms with Crippen LogP contribution in [0.15, 0.2) is 24.3 Å². The van der Waals surface area contributed by atoms with Crippen LogP contribution in [0.3, 0.4) is 0 Å². The molecule has 12 nitrogen and oxygen atoms in total. The van der Waals surface area contributed by atoms with Crippen LogP contribution in [0.4, 0.5) is 0 Å². The molecule has 0 fully saturated rings. The maximum Gasteiger partial charge on any atom is 0.334 e. The lowest BCUT2D eigenvalue weighted by Crippen LogP contribution is -2.37. The highest BCUT2D eigenvalue weighted by molar-refractivity contribution is 9.10. The summed E-state index contributed by atoms with van der Waals surface area (Å²) in [5.74, 6) is -1.57. The van der Waals surface area contributed by atoms with Gasteiger partial charge in [-0.05, 0) is 108 Å². The minimum Gasteiger partial charge on any atom is -0.465 e. The Hall–Kier alpha value is -1.96. The van der Waals surface area contributed by atoms with E-state index in [9.17, 15) is 24.0 Å². The smallest absolute Gasteiger partial charge is 0.334 e. The molecule has 0 saturated carbocycles. The number of hydrogen-bond acceptors (Lipinski definition) is 11. The Morgan fingerprint density at radius 3 is 1.36 bits per heavy atom. The van der Waals surface area contributed by atoms with Gasteiger partial charge in [-0.25, -0.2) is 0 Å². The van der Waals surface area contributed by atoms with Crippen LogP contribution in [0.25, 0.3) is 0 Å². The third-order valence-electron chi connectivity index (χ3n) is 10.2. The molecule has 0 saturated heterocycles. The fourth-order valence-electron chi connectivity index (χ4n) is 6.02. The molecule has 58 heavy (non-hydrogen) atoms. The molecule has 16 heteroatoms. The third kappa shape index (κ3) is 22.0. The summed E-state index contributed by atoms with van der Waals surface area (Å²) in [6, 6.07) is 9.48. The van der Waals surface area contributed by atoms with Gasteiger partial charge in [0.15, 0.2) is 0 Å². The normalized spacial score (nSPS) is 14.8. The molecule has 0 aliphatic rings. The minimum absolute atomic E-state index is 0. The molecule has 0 aliphatic carbocycles. The lowest BCUT2D eigenvalue weighted by molar-refractivity contribution is -0.153. The molecule has 1 aromatic carbocycles. The van der Waals surface area contributed by atoms with E-state index in [0.717, 1.165) is 48.8 Å². The van der Waals surface area contributed by atoms with Crippen molar-refractivity contribution in [1.29, 1.82) is 0 Å². The molecule has 1 rings (SSSR count). The van der Waals surface area contributed by atoms with Gasteiger partial charge in [0.25, 0.3) is 0 Å². The summed E-state index contributed by atoms with van der Waals surface area (Å²) in [7, 11) is -0.938. The Bertz CT molecular complexity index is 1370. The molecule has 4 unspecified atom stereocenters. The van der Waals surface area contributed by atoms with E-state index in [-0.39, 0.29) is 43.5 Å². The summed E-state index contributed by atoms with van der Waals surface area (Å²) in [5, 5.41) is 0. The summed E-state index contributed by atoms with van der Waals surface area (Å²) in [5.41, 5.74) is 2.05. The van der Waals surface area contributed by atoms with Gasteiger partial charge in [0.2, 0.25) is 0 Å². The zero-order valence-corrected chi connectivity index (χ0v) is 41.7. The SMILES string of the molecule is CCCCOC(=O)C(CCc1ccc(CCC(CC(C)(Br)C(=O)OCCC[Si](C)(OC)OC)C(=O)OCCCC)cc1)CC(C)(Br)C(=O)OCCC[Si](C)(C)C=O.O. The van der Waals surface area contributed by atoms with Crippen molar-refractivity contribution in [3.63, 3.8) is 0 Å². The van der Waals surface area contributed by atoms with Crippen molar-refractivity contribution in [3.05, 3.63) is 35.4 Å². The molecule has 1 aromatic rings. The highest BCUT2D eigenvalue weighted by Gasteiger charge is 2.39. The molecule has 0 heterocycles. The standard InChI is InChI=1S/C42H70Br2O11Si2.H2O/c1-10-12-24-52-37(46)35(30-41(3,43)39(48)54-26-14-28-56(7,8)32-45)22-20-33-16-18-34(19-17-33)21-23-36(38(47)53-25-13-11-2)31-42(4,44)40(49)55-27-15-29-57(9,50-5)51-6;/h16-19,32,35-36H,10-15,20-31H2,1-9H3;1H2. The fraction of sp³-hybridized carbons (Fsp3) is 0.738. The van der Waals surface area contributed by atoms with Crippen molar-refractivity contribution in [3.8, 4) is 0 Å². The minimum atomic E-state index is -2.27. The van der Waals surface area contributed by atoms with Gasteiger partial charge in [-0.1, -0.05) is 95.9 Å². The zero-order valence-electron chi connectivity index (χ0n) is 36.5. The summed E-state index contributed by atoms with van der Waals surface area (Å²) in [4.78, 5) is 64.0. The molecular weight excluding hydrogens is 912 g/mol. The highest BCUT2D eigenvalue weighted by Crippen LogP contribution is 2.33. The quantitative estimate of drug-likeness (QED) is 0.0175. The second-order valence-electron chi connectivity index (χ2n) is 16.3. The fourth-order valence-corrected chi connectivity index (χ4v) is 9.57. The van der Waals surface area contributed by atoms with Gasteiger partial charge in [-0.3, -0.25) is 19.2 Å². The second-order valence-corrected chi connectivity index (χ2v) is 28.1. The van der Waals surface area contributed by atoms with Crippen LogP contribution >= 0.6 is 31.9 Å². The van der Waals surface area contributed by atoms with Crippen LogP contribution in [0, 0.1) is 11.8 Å². The molecule has 0 aliphatic heterocycles. The van der Waals surface area contributed by atoms with Gasteiger partial charge in [0.1, 0.15) is 16.7 Å². The Morgan fingerprint density at radius 2 is 1.02 bits per heavy atom. The predicted molar refractivity (Wildman–Crippen MR) is 240 cm³/mol. The molecule has 334 valence electrons. The van der Waals surface area contributed by atoms with E-state index >= 15 is 0 Å². The average Bonchev–Trinajstić information content (AvgIpc) is 3.18. The van der Waals surface area contributed by atoms with Crippen LogP contribution in [-0.2, 0) is 64.6 Å². The van der Waals surface area contributed by atoms with Crippen molar-refractivity contribution < 1.29 is 57.2 Å². The number of carbonyl (C=O) groups is 5. The number of esters is 4. The second kappa shape index (κ2) is 28.5. The van der Waals surface area contributed by atoms with Crippen LogP contribution in [-0.4, -0.2) is 101 Å². The molecule has 0 aromatic heterocycles. The first-order valence-corrected chi connectivity index (χ1v) is 27.9. The topological polar surface area (TPSA) is 172 Å². The molecule has 0 spiro atoms. The van der Waals surface area contributed by atoms with Crippen molar-refractivity contribution in [1.82, 2.24) is 0 Å². The first-order chi connectivity index (χ1) is 26.8. The van der Waals surface area contributed by atoms with Crippen molar-refractivity contribution >= 4 is 78.3 Å². The first kappa shape index (κ1) is 56.0. The number of alkyl halides is 2. The first-order valence-electron chi connectivity index (χ1n) is 20.5.